The Labute approximate surface area is 241 Å². The van der Waals surface area contributed by atoms with Gasteiger partial charge >= 0.3 is 0 Å². The van der Waals surface area contributed by atoms with E-state index in [-0.39, 0.29) is 44.3 Å². The molecule has 0 spiro atoms. The van der Waals surface area contributed by atoms with Gasteiger partial charge in [-0.1, -0.05) is 36.5 Å². The van der Waals surface area contributed by atoms with E-state index >= 15 is 0 Å². The third-order valence-corrected chi connectivity index (χ3v) is 9.47. The van der Waals surface area contributed by atoms with Crippen molar-refractivity contribution < 1.29 is 9.15 Å². The van der Waals surface area contributed by atoms with Crippen LogP contribution >= 0.6 is 22.7 Å². The molecule has 0 radical (unpaired) electrons. The van der Waals surface area contributed by atoms with Crippen molar-refractivity contribution in [2.75, 3.05) is 0 Å². The topological polar surface area (TPSA) is 106 Å². The van der Waals surface area contributed by atoms with Gasteiger partial charge in [-0.3, -0.25) is 19.2 Å². The molecule has 0 saturated heterocycles. The molecule has 0 bridgehead atoms. The van der Waals surface area contributed by atoms with Gasteiger partial charge in [0.2, 0.25) is 19.0 Å². The fraction of sp³-hybridized carbons (Fsp3) is 0.250. The van der Waals surface area contributed by atoms with Crippen LogP contribution in [0.4, 0.5) is 0 Å². The van der Waals surface area contributed by atoms with Crippen molar-refractivity contribution >= 4 is 60.8 Å². The van der Waals surface area contributed by atoms with Gasteiger partial charge in [0.15, 0.2) is 5.76 Å². The number of fused-ring (bicyclic) bond motifs is 3. The zero-order valence-electron chi connectivity index (χ0n) is 23.2. The molecule has 7 rings (SSSR count). The van der Waals surface area contributed by atoms with Crippen LogP contribution in [0.2, 0.25) is 0 Å². The Morgan fingerprint density at radius 1 is 0.756 bits per heavy atom. The summed E-state index contributed by atoms with van der Waals surface area (Å²) in [5.41, 5.74) is 4.00. The largest absolute Gasteiger partial charge is 0.483 e. The summed E-state index contributed by atoms with van der Waals surface area (Å²) >= 11 is 1.11. The molecule has 0 amide bonds. The van der Waals surface area contributed by atoms with Crippen molar-refractivity contribution in [3.63, 3.8) is 0 Å². The van der Waals surface area contributed by atoms with Gasteiger partial charge in [0, 0.05) is 33.7 Å². The highest BCUT2D eigenvalue weighted by Gasteiger charge is 2.36. The molecule has 41 heavy (non-hydrogen) atoms. The van der Waals surface area contributed by atoms with Gasteiger partial charge in [0.1, 0.15) is 17.1 Å². The molecule has 0 fully saturated rings. The maximum atomic E-state index is 13.3. The molecular formula is C32H25NO6S2. The molecular weight excluding hydrogens is 558 g/mol. The molecule has 0 saturated carbocycles. The summed E-state index contributed by atoms with van der Waals surface area (Å²) in [7, 11) is 0. The smallest absolute Gasteiger partial charge is 0.244 e. The second kappa shape index (κ2) is 8.47. The van der Waals surface area contributed by atoms with Crippen LogP contribution < -0.4 is 19.0 Å². The van der Waals surface area contributed by atoms with E-state index < -0.39 is 24.6 Å². The lowest BCUT2D eigenvalue weighted by Gasteiger charge is -2.34. The predicted octanol–water partition coefficient (Wildman–Crippen LogP) is 6.73. The molecule has 2 aromatic carbocycles. The number of H-pyrrole nitrogens is 1. The van der Waals surface area contributed by atoms with Crippen molar-refractivity contribution in [1.29, 1.82) is 0 Å². The minimum atomic E-state index is -0.591. The summed E-state index contributed by atoms with van der Waals surface area (Å²) in [4.78, 5) is 56.5. The van der Waals surface area contributed by atoms with Crippen LogP contribution in [0.1, 0.15) is 56.0 Å². The SMILES string of the molecule is Cc1cc2c(-c3ccc(-c4c5c(=O)sc(=O)c5c(C5=CC(C)(C)O5)c5c(=O)sc(=O)c45)o3)[nH]c(C(C)C)c2cc1C. The molecule has 0 unspecified atom stereocenters. The van der Waals surface area contributed by atoms with E-state index in [0.717, 1.165) is 27.7 Å². The average Bonchev–Trinajstić information content (AvgIpc) is 3.63. The standard InChI is InChI=1S/C32H25NO6S2/c1-12(2)26-15-9-13(3)14(4)10-16(15)27(33-26)18-8-7-17(38-18)20-22-24(30(36)40-28(22)34)21(19-11-32(5,6)39-19)25-23(20)29(35)41-31(25)37/h7-12,33H,1-6H3. The van der Waals surface area contributed by atoms with Crippen molar-refractivity contribution in [1.82, 2.24) is 4.98 Å². The number of aromatic amines is 1. The first-order valence-corrected chi connectivity index (χ1v) is 14.9. The number of benzene rings is 2. The summed E-state index contributed by atoms with van der Waals surface area (Å²) in [5, 5.41) is 2.46. The zero-order chi connectivity index (χ0) is 29.1. The van der Waals surface area contributed by atoms with Crippen LogP contribution in [-0.4, -0.2) is 10.6 Å². The summed E-state index contributed by atoms with van der Waals surface area (Å²) in [6, 6.07) is 7.77. The number of hydrogen-bond donors (Lipinski definition) is 1. The molecule has 0 atom stereocenters. The third kappa shape index (κ3) is 3.62. The fourth-order valence-corrected chi connectivity index (χ4v) is 7.49. The first kappa shape index (κ1) is 25.9. The summed E-state index contributed by atoms with van der Waals surface area (Å²) < 4.78 is 10.4. The van der Waals surface area contributed by atoms with Gasteiger partial charge in [-0.2, -0.15) is 0 Å². The van der Waals surface area contributed by atoms with Crippen LogP contribution in [0.5, 0.6) is 0 Å². The summed E-state index contributed by atoms with van der Waals surface area (Å²) in [6.07, 6.45) is 1.79. The summed E-state index contributed by atoms with van der Waals surface area (Å²) in [6.45, 7) is 12.1. The van der Waals surface area contributed by atoms with Gasteiger partial charge in [-0.05, 0) is 69.0 Å². The van der Waals surface area contributed by atoms with Crippen molar-refractivity contribution in [2.24, 2.45) is 0 Å². The molecule has 206 valence electrons. The number of hydrogen-bond acceptors (Lipinski definition) is 8. The number of ether oxygens (including phenoxy) is 1. The van der Waals surface area contributed by atoms with Gasteiger partial charge in [-0.15, -0.1) is 0 Å². The van der Waals surface area contributed by atoms with Crippen LogP contribution in [0.3, 0.4) is 0 Å². The highest BCUT2D eigenvalue weighted by molar-refractivity contribution is 7.09. The quantitative estimate of drug-likeness (QED) is 0.247. The molecule has 1 aliphatic rings. The number of aryl methyl sites for hydroxylation is 2. The first-order valence-electron chi connectivity index (χ1n) is 13.3. The number of rotatable bonds is 4. The van der Waals surface area contributed by atoms with E-state index in [1.807, 2.05) is 13.8 Å². The number of nitrogens with one attached hydrogen (secondary N) is 1. The van der Waals surface area contributed by atoms with Crippen LogP contribution in [0.15, 0.2) is 53.9 Å². The Kier molecular flexibility index (Phi) is 5.34. The zero-order valence-corrected chi connectivity index (χ0v) is 24.9. The Morgan fingerprint density at radius 2 is 1.24 bits per heavy atom. The maximum absolute atomic E-state index is 13.3. The Morgan fingerprint density at radius 3 is 1.76 bits per heavy atom. The van der Waals surface area contributed by atoms with E-state index in [2.05, 4.69) is 44.8 Å². The first-order chi connectivity index (χ1) is 19.4. The lowest BCUT2D eigenvalue weighted by Crippen LogP contribution is -2.30. The van der Waals surface area contributed by atoms with E-state index in [0.29, 0.717) is 34.2 Å². The highest BCUT2D eigenvalue weighted by Crippen LogP contribution is 2.45. The molecule has 5 heterocycles. The van der Waals surface area contributed by atoms with E-state index in [1.165, 1.54) is 5.56 Å². The Bertz CT molecular complexity index is 2270. The van der Waals surface area contributed by atoms with Gasteiger partial charge in [-0.25, -0.2) is 0 Å². The predicted molar refractivity (Wildman–Crippen MR) is 166 cm³/mol. The van der Waals surface area contributed by atoms with Gasteiger partial charge in [0.25, 0.3) is 0 Å². The molecule has 7 nitrogen and oxygen atoms in total. The molecule has 4 aromatic heterocycles. The molecule has 1 N–H and O–H groups in total. The Balaban J connectivity index is 1.55. The molecule has 1 aliphatic heterocycles. The van der Waals surface area contributed by atoms with Gasteiger partial charge in [0.05, 0.1) is 27.2 Å². The second-order valence-corrected chi connectivity index (χ2v) is 13.4. The van der Waals surface area contributed by atoms with E-state index in [1.54, 1.807) is 18.2 Å². The third-order valence-electron chi connectivity index (χ3n) is 7.91. The lowest BCUT2D eigenvalue weighted by molar-refractivity contribution is 0.0858. The lowest BCUT2D eigenvalue weighted by atomic mass is 9.90. The summed E-state index contributed by atoms with van der Waals surface area (Å²) in [5.74, 6) is 1.32. The number of thiophene rings is 2. The highest BCUT2D eigenvalue weighted by atomic mass is 32.1. The molecule has 0 aliphatic carbocycles. The number of aromatic nitrogens is 1. The minimum absolute atomic E-state index is 0.0817. The van der Waals surface area contributed by atoms with E-state index in [4.69, 9.17) is 9.15 Å². The minimum Gasteiger partial charge on any atom is -0.483 e. The fourth-order valence-electron chi connectivity index (χ4n) is 5.93. The van der Waals surface area contributed by atoms with Crippen LogP contribution in [0.25, 0.3) is 60.9 Å². The monoisotopic (exact) mass is 583 g/mol. The van der Waals surface area contributed by atoms with E-state index in [9.17, 15) is 19.2 Å². The maximum Gasteiger partial charge on any atom is 0.244 e. The molecule has 6 aromatic rings. The molecule has 9 heteroatoms. The second-order valence-electron chi connectivity index (χ2n) is 11.5. The van der Waals surface area contributed by atoms with Crippen molar-refractivity contribution in [3.8, 4) is 22.8 Å². The van der Waals surface area contributed by atoms with Crippen LogP contribution in [0, 0.1) is 13.8 Å². The van der Waals surface area contributed by atoms with Gasteiger partial charge < -0.3 is 14.1 Å². The average molecular weight is 584 g/mol. The van der Waals surface area contributed by atoms with Crippen molar-refractivity contribution in [2.45, 2.75) is 53.1 Å². The van der Waals surface area contributed by atoms with Crippen LogP contribution in [-0.2, 0) is 4.74 Å². The number of furan rings is 1. The Hall–Kier alpha value is -4.08. The van der Waals surface area contributed by atoms with Crippen molar-refractivity contribution in [3.05, 3.63) is 90.9 Å². The normalized spacial score (nSPS) is 14.8.